The molecule has 0 aromatic heterocycles. The van der Waals surface area contributed by atoms with Crippen molar-refractivity contribution in [2.24, 2.45) is 5.92 Å². The van der Waals surface area contributed by atoms with Crippen LogP contribution in [0, 0.1) is 5.92 Å². The van der Waals surface area contributed by atoms with Crippen molar-refractivity contribution in [2.45, 2.75) is 154 Å². The van der Waals surface area contributed by atoms with Gasteiger partial charge in [-0.1, -0.05) is 78.6 Å². The number of carbonyl (C=O) groups is 2. The number of methoxy groups -OCH3 is 1. The van der Waals surface area contributed by atoms with E-state index >= 15 is 0 Å². The average molecular weight is 517 g/mol. The van der Waals surface area contributed by atoms with Crippen LogP contribution in [0.25, 0.3) is 0 Å². The molecule has 0 aliphatic heterocycles. The van der Waals surface area contributed by atoms with E-state index in [1.165, 1.54) is 7.11 Å². The van der Waals surface area contributed by atoms with Crippen molar-refractivity contribution in [3.8, 4) is 0 Å². The lowest BCUT2D eigenvalue weighted by Gasteiger charge is -2.40. The molecular formula is C28H52O8. The van der Waals surface area contributed by atoms with E-state index in [0.717, 1.165) is 64.2 Å². The predicted molar refractivity (Wildman–Crippen MR) is 138 cm³/mol. The topological polar surface area (TPSA) is 123 Å². The number of ether oxygens (including phenoxy) is 3. The highest BCUT2D eigenvalue weighted by atomic mass is 16.6. The van der Waals surface area contributed by atoms with Gasteiger partial charge in [0, 0.05) is 0 Å². The van der Waals surface area contributed by atoms with Crippen molar-refractivity contribution in [3.63, 3.8) is 0 Å². The molecule has 1 fully saturated rings. The zero-order valence-electron chi connectivity index (χ0n) is 23.0. The second-order valence-electron chi connectivity index (χ2n) is 10.5. The number of carbonyl (C=O) groups excluding carboxylic acids is 2. The smallest absolute Gasteiger partial charge is 0.309 e. The summed E-state index contributed by atoms with van der Waals surface area (Å²) in [5, 5.41) is 30.8. The van der Waals surface area contributed by atoms with Gasteiger partial charge in [-0.15, -0.1) is 0 Å². The lowest BCUT2D eigenvalue weighted by molar-refractivity contribution is -0.188. The van der Waals surface area contributed by atoms with Crippen LogP contribution in [0.5, 0.6) is 0 Å². The SMILES string of the molecule is CCCCCCCC(CC(=O)OC)OC(=O)CC(CCCCCCC)OC1CC(C)C(O)C(O)C1O. The summed E-state index contributed by atoms with van der Waals surface area (Å²) in [5.41, 5.74) is 0. The molecule has 7 atom stereocenters. The molecule has 8 nitrogen and oxygen atoms in total. The first-order valence-corrected chi connectivity index (χ1v) is 14.2. The van der Waals surface area contributed by atoms with Gasteiger partial charge in [0.15, 0.2) is 0 Å². The van der Waals surface area contributed by atoms with E-state index in [4.69, 9.17) is 14.2 Å². The van der Waals surface area contributed by atoms with Crippen molar-refractivity contribution < 1.29 is 39.1 Å². The van der Waals surface area contributed by atoms with Crippen molar-refractivity contribution in [2.75, 3.05) is 7.11 Å². The Labute approximate surface area is 218 Å². The average Bonchev–Trinajstić information content (AvgIpc) is 2.85. The molecule has 1 saturated carbocycles. The second kappa shape index (κ2) is 18.9. The minimum Gasteiger partial charge on any atom is -0.469 e. The molecule has 0 radical (unpaired) electrons. The Morgan fingerprint density at radius 3 is 1.83 bits per heavy atom. The van der Waals surface area contributed by atoms with Gasteiger partial charge in [0.05, 0.1) is 38.3 Å². The van der Waals surface area contributed by atoms with Crippen LogP contribution in [-0.2, 0) is 23.8 Å². The number of hydrogen-bond acceptors (Lipinski definition) is 8. The standard InChI is InChI=1S/C28H52O8/c1-5-7-9-11-13-15-21(35-23-17-20(3)26(31)28(33)27(23)32)19-25(30)36-22(18-24(29)34-4)16-14-12-10-8-6-2/h20-23,26-28,31-33H,5-19H2,1-4H3. The molecule has 8 heteroatoms. The van der Waals surface area contributed by atoms with Gasteiger partial charge in [-0.3, -0.25) is 9.59 Å². The van der Waals surface area contributed by atoms with Crippen LogP contribution < -0.4 is 0 Å². The molecule has 0 bridgehead atoms. The van der Waals surface area contributed by atoms with Gasteiger partial charge in [-0.25, -0.2) is 0 Å². The Bertz CT molecular complexity index is 598. The molecule has 1 aliphatic carbocycles. The van der Waals surface area contributed by atoms with Crippen molar-refractivity contribution >= 4 is 11.9 Å². The van der Waals surface area contributed by atoms with Crippen molar-refractivity contribution in [3.05, 3.63) is 0 Å². The Morgan fingerprint density at radius 1 is 0.750 bits per heavy atom. The lowest BCUT2D eigenvalue weighted by Crippen LogP contribution is -2.54. The van der Waals surface area contributed by atoms with Crippen molar-refractivity contribution in [1.29, 1.82) is 0 Å². The summed E-state index contributed by atoms with van der Waals surface area (Å²) in [6.07, 6.45) is 7.12. The third-order valence-electron chi connectivity index (χ3n) is 7.21. The maximum absolute atomic E-state index is 12.9. The number of hydrogen-bond donors (Lipinski definition) is 3. The van der Waals surface area contributed by atoms with E-state index in [0.29, 0.717) is 19.3 Å². The minimum absolute atomic E-state index is 0.0114. The molecule has 1 aliphatic rings. The zero-order chi connectivity index (χ0) is 26.9. The van der Waals surface area contributed by atoms with Crippen LogP contribution in [-0.4, -0.2) is 71.0 Å². The first kappa shape index (κ1) is 32.8. The molecular weight excluding hydrogens is 464 g/mol. The molecule has 3 N–H and O–H groups in total. The summed E-state index contributed by atoms with van der Waals surface area (Å²) in [6.45, 7) is 6.11. The Hall–Kier alpha value is -1.22. The highest BCUT2D eigenvalue weighted by Crippen LogP contribution is 2.30. The van der Waals surface area contributed by atoms with E-state index in [1.807, 2.05) is 6.92 Å². The normalized spacial score (nSPS) is 25.8. The van der Waals surface area contributed by atoms with Gasteiger partial charge in [0.2, 0.25) is 0 Å². The third kappa shape index (κ3) is 12.8. The summed E-state index contributed by atoms with van der Waals surface area (Å²) in [5.74, 6) is -1.07. The fourth-order valence-electron chi connectivity index (χ4n) is 4.85. The molecule has 0 spiro atoms. The van der Waals surface area contributed by atoms with E-state index < -0.39 is 48.6 Å². The summed E-state index contributed by atoms with van der Waals surface area (Å²) in [4.78, 5) is 24.8. The molecule has 212 valence electrons. The number of esters is 2. The molecule has 0 aromatic rings. The van der Waals surface area contributed by atoms with Crippen LogP contribution in [0.1, 0.15) is 117 Å². The maximum atomic E-state index is 12.9. The van der Waals surface area contributed by atoms with Gasteiger partial charge in [-0.2, -0.15) is 0 Å². The molecule has 0 amide bonds. The quantitative estimate of drug-likeness (QED) is 0.170. The van der Waals surface area contributed by atoms with E-state index in [1.54, 1.807) is 0 Å². The minimum atomic E-state index is -1.28. The van der Waals surface area contributed by atoms with Gasteiger partial charge >= 0.3 is 11.9 Å². The van der Waals surface area contributed by atoms with Crippen LogP contribution in [0.2, 0.25) is 0 Å². The zero-order valence-corrected chi connectivity index (χ0v) is 23.0. The van der Waals surface area contributed by atoms with Gasteiger partial charge in [0.1, 0.15) is 18.3 Å². The van der Waals surface area contributed by atoms with E-state index in [9.17, 15) is 24.9 Å². The molecule has 7 unspecified atom stereocenters. The molecule has 1 rings (SSSR count). The summed E-state index contributed by atoms with van der Waals surface area (Å²) < 4.78 is 16.7. The summed E-state index contributed by atoms with van der Waals surface area (Å²) >= 11 is 0. The van der Waals surface area contributed by atoms with Crippen LogP contribution in [0.15, 0.2) is 0 Å². The largest absolute Gasteiger partial charge is 0.469 e. The van der Waals surface area contributed by atoms with E-state index in [-0.39, 0.29) is 18.8 Å². The maximum Gasteiger partial charge on any atom is 0.309 e. The highest BCUT2D eigenvalue weighted by molar-refractivity contribution is 5.72. The molecule has 0 heterocycles. The second-order valence-corrected chi connectivity index (χ2v) is 10.5. The number of rotatable bonds is 19. The van der Waals surface area contributed by atoms with Crippen molar-refractivity contribution in [1.82, 2.24) is 0 Å². The molecule has 36 heavy (non-hydrogen) atoms. The fourth-order valence-corrected chi connectivity index (χ4v) is 4.85. The molecule has 0 aromatic carbocycles. The van der Waals surface area contributed by atoms with Crippen LogP contribution in [0.4, 0.5) is 0 Å². The Morgan fingerprint density at radius 2 is 1.28 bits per heavy atom. The monoisotopic (exact) mass is 516 g/mol. The van der Waals surface area contributed by atoms with Crippen LogP contribution in [0.3, 0.4) is 0 Å². The van der Waals surface area contributed by atoms with Gasteiger partial charge in [-0.05, 0) is 31.6 Å². The predicted octanol–water partition coefficient (Wildman–Crippen LogP) is 4.45. The number of aliphatic hydroxyl groups excluding tert-OH is 3. The number of aliphatic hydroxyl groups is 3. The molecule has 0 saturated heterocycles. The van der Waals surface area contributed by atoms with Gasteiger partial charge < -0.3 is 29.5 Å². The van der Waals surface area contributed by atoms with Crippen LogP contribution >= 0.6 is 0 Å². The fraction of sp³-hybridized carbons (Fsp3) is 0.929. The Kier molecular flexibility index (Phi) is 17.3. The van der Waals surface area contributed by atoms with Gasteiger partial charge in [0.25, 0.3) is 0 Å². The third-order valence-corrected chi connectivity index (χ3v) is 7.21. The first-order chi connectivity index (χ1) is 17.2. The lowest BCUT2D eigenvalue weighted by atomic mass is 9.82. The highest BCUT2D eigenvalue weighted by Gasteiger charge is 2.42. The number of unbranched alkanes of at least 4 members (excludes halogenated alkanes) is 8. The summed E-state index contributed by atoms with van der Waals surface area (Å²) in [7, 11) is 1.33. The Balaban J connectivity index is 2.75. The summed E-state index contributed by atoms with van der Waals surface area (Å²) in [6, 6.07) is 0. The van der Waals surface area contributed by atoms with E-state index in [2.05, 4.69) is 13.8 Å². The first-order valence-electron chi connectivity index (χ1n) is 14.2.